The minimum atomic E-state index is 0.436. The fourth-order valence-electron chi connectivity index (χ4n) is 2.11. The molecule has 0 saturated heterocycles. The third-order valence-corrected chi connectivity index (χ3v) is 3.15. The van der Waals surface area contributed by atoms with Gasteiger partial charge >= 0.3 is 0 Å². The number of aromatic nitrogens is 2. The van der Waals surface area contributed by atoms with Crippen LogP contribution in [0.1, 0.15) is 23.9 Å². The number of hydrogen-bond donors (Lipinski definition) is 1. The number of benzene rings is 1. The van der Waals surface area contributed by atoms with E-state index in [0.29, 0.717) is 13.2 Å². The van der Waals surface area contributed by atoms with Crippen molar-refractivity contribution in [1.29, 1.82) is 0 Å². The molecule has 1 heterocycles. The Hall–Kier alpha value is -2.01. The molecule has 5 nitrogen and oxygen atoms in total. The van der Waals surface area contributed by atoms with Gasteiger partial charge in [0.15, 0.2) is 0 Å². The van der Waals surface area contributed by atoms with Crippen LogP contribution in [0.5, 0.6) is 11.5 Å². The number of hydrogen-bond acceptors (Lipinski definition) is 4. The van der Waals surface area contributed by atoms with E-state index in [2.05, 4.69) is 12.0 Å². The first-order valence-corrected chi connectivity index (χ1v) is 6.71. The van der Waals surface area contributed by atoms with Crippen LogP contribution >= 0.6 is 0 Å². The van der Waals surface area contributed by atoms with E-state index in [1.807, 2.05) is 35.9 Å². The Morgan fingerprint density at radius 1 is 1.30 bits per heavy atom. The maximum atomic E-state index is 5.89. The Morgan fingerprint density at radius 2 is 2.10 bits per heavy atom. The molecule has 1 aromatic heterocycles. The molecule has 0 fully saturated rings. The second kappa shape index (κ2) is 6.43. The molecule has 0 saturated carbocycles. The maximum absolute atomic E-state index is 5.89. The zero-order chi connectivity index (χ0) is 14.5. The maximum Gasteiger partial charge on any atom is 0.130 e. The quantitative estimate of drug-likeness (QED) is 0.878. The highest BCUT2D eigenvalue weighted by Gasteiger charge is 2.08. The summed E-state index contributed by atoms with van der Waals surface area (Å²) >= 11 is 0. The first-order valence-electron chi connectivity index (χ1n) is 6.71. The minimum absolute atomic E-state index is 0.436. The Balaban J connectivity index is 2.17. The predicted molar refractivity (Wildman–Crippen MR) is 77.9 cm³/mol. The summed E-state index contributed by atoms with van der Waals surface area (Å²) in [6.07, 6.45) is 0. The van der Waals surface area contributed by atoms with Gasteiger partial charge in [-0.3, -0.25) is 4.68 Å². The minimum Gasteiger partial charge on any atom is -0.497 e. The zero-order valence-corrected chi connectivity index (χ0v) is 12.2. The molecule has 0 aliphatic heterocycles. The fourth-order valence-corrected chi connectivity index (χ4v) is 2.11. The summed E-state index contributed by atoms with van der Waals surface area (Å²) in [5.41, 5.74) is 8.74. The van der Waals surface area contributed by atoms with Crippen LogP contribution in [0.15, 0.2) is 24.3 Å². The summed E-state index contributed by atoms with van der Waals surface area (Å²) in [4.78, 5) is 0. The van der Waals surface area contributed by atoms with E-state index >= 15 is 0 Å². The molecular formula is C15H21N3O2. The molecule has 0 atom stereocenters. The summed E-state index contributed by atoms with van der Waals surface area (Å²) < 4.78 is 13.1. The van der Waals surface area contributed by atoms with Crippen molar-refractivity contribution in [3.8, 4) is 11.5 Å². The van der Waals surface area contributed by atoms with Gasteiger partial charge in [0.25, 0.3) is 0 Å². The van der Waals surface area contributed by atoms with Crippen LogP contribution in [0.2, 0.25) is 0 Å². The van der Waals surface area contributed by atoms with Crippen LogP contribution in [0.25, 0.3) is 0 Å². The third-order valence-electron chi connectivity index (χ3n) is 3.15. The number of ether oxygens (including phenoxy) is 2. The molecular weight excluding hydrogens is 254 g/mol. The molecule has 0 spiro atoms. The van der Waals surface area contributed by atoms with Gasteiger partial charge in [0.1, 0.15) is 18.1 Å². The Morgan fingerprint density at radius 3 is 2.75 bits per heavy atom. The fraction of sp³-hybridized carbons (Fsp3) is 0.400. The van der Waals surface area contributed by atoms with Crippen LogP contribution in [-0.4, -0.2) is 16.9 Å². The first-order chi connectivity index (χ1) is 9.67. The van der Waals surface area contributed by atoms with Crippen molar-refractivity contribution < 1.29 is 9.47 Å². The highest BCUT2D eigenvalue weighted by Crippen LogP contribution is 2.25. The number of aryl methyl sites for hydroxylation is 2. The van der Waals surface area contributed by atoms with Gasteiger partial charge in [-0.25, -0.2) is 0 Å². The molecule has 0 radical (unpaired) electrons. The van der Waals surface area contributed by atoms with E-state index in [0.717, 1.165) is 35.0 Å². The van der Waals surface area contributed by atoms with E-state index in [4.69, 9.17) is 15.2 Å². The van der Waals surface area contributed by atoms with Gasteiger partial charge in [-0.15, -0.1) is 0 Å². The van der Waals surface area contributed by atoms with Crippen LogP contribution < -0.4 is 15.2 Å². The number of rotatable bonds is 6. The smallest absolute Gasteiger partial charge is 0.130 e. The van der Waals surface area contributed by atoms with Gasteiger partial charge in [0.2, 0.25) is 0 Å². The van der Waals surface area contributed by atoms with Crippen molar-refractivity contribution >= 4 is 0 Å². The highest BCUT2D eigenvalue weighted by molar-refractivity contribution is 5.40. The van der Waals surface area contributed by atoms with Crippen LogP contribution in [0.3, 0.4) is 0 Å². The second-order valence-corrected chi connectivity index (χ2v) is 4.56. The van der Waals surface area contributed by atoms with Crippen LogP contribution in [-0.2, 0) is 19.7 Å². The van der Waals surface area contributed by atoms with E-state index in [1.165, 1.54) is 0 Å². The lowest BCUT2D eigenvalue weighted by atomic mass is 10.2. The van der Waals surface area contributed by atoms with Crippen molar-refractivity contribution in [2.24, 2.45) is 5.73 Å². The highest BCUT2D eigenvalue weighted by atomic mass is 16.5. The topological polar surface area (TPSA) is 62.3 Å². The molecule has 1 aromatic carbocycles. The lowest BCUT2D eigenvalue weighted by Crippen LogP contribution is -2.08. The largest absolute Gasteiger partial charge is 0.497 e. The number of nitrogens with two attached hydrogens (primary N) is 1. The molecule has 2 N–H and O–H groups in total. The molecule has 0 bridgehead atoms. The van der Waals surface area contributed by atoms with E-state index in [9.17, 15) is 0 Å². The monoisotopic (exact) mass is 275 g/mol. The Kier molecular flexibility index (Phi) is 4.63. The van der Waals surface area contributed by atoms with Crippen molar-refractivity contribution in [2.75, 3.05) is 7.11 Å². The van der Waals surface area contributed by atoms with E-state index in [1.54, 1.807) is 7.11 Å². The van der Waals surface area contributed by atoms with Crippen molar-refractivity contribution in [2.45, 2.75) is 33.5 Å². The van der Waals surface area contributed by atoms with Gasteiger partial charge < -0.3 is 15.2 Å². The molecule has 5 heteroatoms. The lowest BCUT2D eigenvalue weighted by molar-refractivity contribution is 0.287. The van der Waals surface area contributed by atoms with Crippen molar-refractivity contribution in [1.82, 2.24) is 9.78 Å². The normalized spacial score (nSPS) is 10.6. The standard InChI is InChI=1S/C15H21N3O2/c1-4-18-13(7-11(2)17-18)10-20-15-8-14(19-3)6-5-12(15)9-16/h5-8H,4,9-10,16H2,1-3H3. The molecule has 2 aromatic rings. The Bertz CT molecular complexity index is 578. The average molecular weight is 275 g/mol. The van der Waals surface area contributed by atoms with Crippen LogP contribution in [0, 0.1) is 6.92 Å². The summed E-state index contributed by atoms with van der Waals surface area (Å²) in [5, 5.41) is 4.40. The Labute approximate surface area is 119 Å². The molecule has 20 heavy (non-hydrogen) atoms. The third kappa shape index (κ3) is 3.11. The summed E-state index contributed by atoms with van der Waals surface area (Å²) in [7, 11) is 1.64. The zero-order valence-electron chi connectivity index (χ0n) is 12.2. The number of methoxy groups -OCH3 is 1. The van der Waals surface area contributed by atoms with Gasteiger partial charge in [0, 0.05) is 24.7 Å². The summed E-state index contributed by atoms with van der Waals surface area (Å²) in [6, 6.07) is 7.71. The second-order valence-electron chi connectivity index (χ2n) is 4.56. The molecule has 108 valence electrons. The summed E-state index contributed by atoms with van der Waals surface area (Å²) in [5.74, 6) is 1.52. The van der Waals surface area contributed by atoms with Gasteiger partial charge in [-0.2, -0.15) is 5.10 Å². The van der Waals surface area contributed by atoms with Gasteiger partial charge in [0.05, 0.1) is 18.5 Å². The summed E-state index contributed by atoms with van der Waals surface area (Å²) in [6.45, 7) is 5.77. The first kappa shape index (κ1) is 14.4. The van der Waals surface area contributed by atoms with Crippen LogP contribution in [0.4, 0.5) is 0 Å². The predicted octanol–water partition coefficient (Wildman–Crippen LogP) is 2.26. The molecule has 2 rings (SSSR count). The average Bonchev–Trinajstić information content (AvgIpc) is 2.84. The molecule has 0 aliphatic rings. The van der Waals surface area contributed by atoms with Crippen molar-refractivity contribution in [3.05, 3.63) is 41.2 Å². The molecule has 0 aliphatic carbocycles. The van der Waals surface area contributed by atoms with Gasteiger partial charge in [-0.05, 0) is 26.0 Å². The molecule has 0 unspecified atom stereocenters. The molecule has 0 amide bonds. The van der Waals surface area contributed by atoms with Crippen molar-refractivity contribution in [3.63, 3.8) is 0 Å². The van der Waals surface area contributed by atoms with Gasteiger partial charge in [-0.1, -0.05) is 6.07 Å². The van der Waals surface area contributed by atoms with E-state index < -0.39 is 0 Å². The van der Waals surface area contributed by atoms with E-state index in [-0.39, 0.29) is 0 Å². The lowest BCUT2D eigenvalue weighted by Gasteiger charge is -2.12. The SMILES string of the molecule is CCn1nc(C)cc1COc1cc(OC)ccc1CN. The number of nitrogens with zero attached hydrogens (tertiary/aromatic N) is 2.